The average Bonchev–Trinajstić information content (AvgIpc) is 3.23. The van der Waals surface area contributed by atoms with Gasteiger partial charge in [0.25, 0.3) is 0 Å². The third-order valence-corrected chi connectivity index (χ3v) is 5.74. The van der Waals surface area contributed by atoms with Crippen LogP contribution in [0.5, 0.6) is 0 Å². The lowest BCUT2D eigenvalue weighted by Gasteiger charge is -2.33. The van der Waals surface area contributed by atoms with Gasteiger partial charge in [0.1, 0.15) is 0 Å². The summed E-state index contributed by atoms with van der Waals surface area (Å²) in [6.07, 6.45) is 4.77. The van der Waals surface area contributed by atoms with Crippen LogP contribution in [0.2, 0.25) is 0 Å². The SMILES string of the molecule is CCOC(=O)N1CCN(CC(=O)c2cc(C)n(C3CCCC3)c2C)CC1. The number of ether oxygens (including phenoxy) is 1. The van der Waals surface area contributed by atoms with E-state index >= 15 is 0 Å². The molecule has 0 unspecified atom stereocenters. The molecule has 0 atom stereocenters. The summed E-state index contributed by atoms with van der Waals surface area (Å²) in [4.78, 5) is 28.5. The van der Waals surface area contributed by atoms with Crippen molar-refractivity contribution in [3.63, 3.8) is 0 Å². The van der Waals surface area contributed by atoms with Crippen molar-refractivity contribution in [3.8, 4) is 0 Å². The first-order chi connectivity index (χ1) is 12.5. The van der Waals surface area contributed by atoms with Gasteiger partial charge in [-0.2, -0.15) is 0 Å². The molecule has 1 amide bonds. The van der Waals surface area contributed by atoms with Crippen LogP contribution in [0.1, 0.15) is 60.4 Å². The number of hydrogen-bond donors (Lipinski definition) is 0. The third kappa shape index (κ3) is 3.95. The second kappa shape index (κ2) is 8.25. The van der Waals surface area contributed by atoms with Crippen molar-refractivity contribution in [1.82, 2.24) is 14.4 Å². The molecule has 0 bridgehead atoms. The lowest BCUT2D eigenvalue weighted by molar-refractivity contribution is 0.0733. The molecule has 0 aromatic carbocycles. The smallest absolute Gasteiger partial charge is 0.409 e. The van der Waals surface area contributed by atoms with Gasteiger partial charge in [-0.05, 0) is 39.7 Å². The number of ketones is 1. The molecule has 2 aliphatic rings. The summed E-state index contributed by atoms with van der Waals surface area (Å²) >= 11 is 0. The Morgan fingerprint density at radius 3 is 2.38 bits per heavy atom. The zero-order chi connectivity index (χ0) is 18.7. The molecule has 1 aromatic rings. The Morgan fingerprint density at radius 2 is 1.77 bits per heavy atom. The van der Waals surface area contributed by atoms with E-state index in [0.717, 1.165) is 11.3 Å². The van der Waals surface area contributed by atoms with Crippen LogP contribution in [0.3, 0.4) is 0 Å². The van der Waals surface area contributed by atoms with Gasteiger partial charge in [-0.25, -0.2) is 4.79 Å². The summed E-state index contributed by atoms with van der Waals surface area (Å²) in [6.45, 7) is 9.49. The monoisotopic (exact) mass is 361 g/mol. The number of rotatable bonds is 5. The maximum atomic E-state index is 12.9. The largest absolute Gasteiger partial charge is 0.450 e. The number of aryl methyl sites for hydroxylation is 1. The van der Waals surface area contributed by atoms with Crippen LogP contribution in [0.25, 0.3) is 0 Å². The Balaban J connectivity index is 1.59. The summed E-state index contributed by atoms with van der Waals surface area (Å²) in [5, 5.41) is 0. The summed E-state index contributed by atoms with van der Waals surface area (Å²) in [5.41, 5.74) is 3.18. The molecule has 0 radical (unpaired) electrons. The van der Waals surface area contributed by atoms with E-state index in [2.05, 4.69) is 29.4 Å². The molecule has 2 fully saturated rings. The van der Waals surface area contributed by atoms with Crippen molar-refractivity contribution in [2.24, 2.45) is 0 Å². The highest BCUT2D eigenvalue weighted by molar-refractivity contribution is 5.99. The molecular formula is C20H31N3O3. The molecule has 1 aliphatic heterocycles. The maximum absolute atomic E-state index is 12.9. The molecule has 6 heteroatoms. The third-order valence-electron chi connectivity index (χ3n) is 5.74. The van der Waals surface area contributed by atoms with Gasteiger partial charge in [0, 0.05) is 49.2 Å². The lowest BCUT2D eigenvalue weighted by Crippen LogP contribution is -2.50. The number of carbonyl (C=O) groups is 2. The van der Waals surface area contributed by atoms with Crippen molar-refractivity contribution >= 4 is 11.9 Å². The Morgan fingerprint density at radius 1 is 1.12 bits per heavy atom. The van der Waals surface area contributed by atoms with Crippen molar-refractivity contribution in [3.05, 3.63) is 23.0 Å². The van der Waals surface area contributed by atoms with Gasteiger partial charge < -0.3 is 14.2 Å². The van der Waals surface area contributed by atoms with Gasteiger partial charge in [0.15, 0.2) is 5.78 Å². The van der Waals surface area contributed by atoms with Crippen molar-refractivity contribution in [2.75, 3.05) is 39.3 Å². The van der Waals surface area contributed by atoms with Gasteiger partial charge in [-0.1, -0.05) is 12.8 Å². The summed E-state index contributed by atoms with van der Waals surface area (Å²) in [5.74, 6) is 0.187. The minimum Gasteiger partial charge on any atom is -0.450 e. The number of Topliss-reactive ketones (excluding diaryl/α,β-unsaturated/α-hetero) is 1. The van der Waals surface area contributed by atoms with E-state index in [0.29, 0.717) is 45.4 Å². The van der Waals surface area contributed by atoms with Crippen molar-refractivity contribution in [2.45, 2.75) is 52.5 Å². The number of nitrogens with zero attached hydrogens (tertiary/aromatic N) is 3. The minimum atomic E-state index is -0.251. The van der Waals surface area contributed by atoms with Crippen LogP contribution in [0.15, 0.2) is 6.07 Å². The average molecular weight is 361 g/mol. The zero-order valence-electron chi connectivity index (χ0n) is 16.3. The molecular weight excluding hydrogens is 330 g/mol. The van der Waals surface area contributed by atoms with E-state index in [1.165, 1.54) is 31.4 Å². The fourth-order valence-corrected chi connectivity index (χ4v) is 4.38. The molecule has 0 N–H and O–H groups in total. The number of carbonyl (C=O) groups excluding carboxylic acids is 2. The molecule has 1 aliphatic carbocycles. The molecule has 1 saturated carbocycles. The Hall–Kier alpha value is -1.82. The topological polar surface area (TPSA) is 54.8 Å². The summed E-state index contributed by atoms with van der Waals surface area (Å²) in [6, 6.07) is 2.62. The van der Waals surface area contributed by atoms with Crippen LogP contribution in [-0.4, -0.2) is 65.6 Å². The van der Waals surface area contributed by atoms with E-state index in [-0.39, 0.29) is 11.9 Å². The van der Waals surface area contributed by atoms with Crippen LogP contribution in [-0.2, 0) is 4.74 Å². The van der Waals surface area contributed by atoms with Crippen LogP contribution in [0.4, 0.5) is 4.79 Å². The van der Waals surface area contributed by atoms with Gasteiger partial charge in [0.2, 0.25) is 0 Å². The predicted octanol–water partition coefficient (Wildman–Crippen LogP) is 3.18. The summed E-state index contributed by atoms with van der Waals surface area (Å²) in [7, 11) is 0. The molecule has 3 rings (SSSR count). The Bertz CT molecular complexity index is 654. The molecule has 2 heterocycles. The van der Waals surface area contributed by atoms with Gasteiger partial charge in [-0.3, -0.25) is 9.69 Å². The van der Waals surface area contributed by atoms with Crippen LogP contribution < -0.4 is 0 Å². The molecule has 0 spiro atoms. The first-order valence-electron chi connectivity index (χ1n) is 9.87. The molecule has 1 saturated heterocycles. The number of hydrogen-bond acceptors (Lipinski definition) is 4. The predicted molar refractivity (Wildman–Crippen MR) is 101 cm³/mol. The second-order valence-corrected chi connectivity index (χ2v) is 7.48. The van der Waals surface area contributed by atoms with Crippen LogP contribution in [0, 0.1) is 13.8 Å². The Labute approximate surface area is 156 Å². The number of piperazine rings is 1. The molecule has 144 valence electrons. The first kappa shape index (κ1) is 19.0. The van der Waals surface area contributed by atoms with E-state index in [1.54, 1.807) is 4.90 Å². The lowest BCUT2D eigenvalue weighted by atomic mass is 10.1. The second-order valence-electron chi connectivity index (χ2n) is 7.48. The van der Waals surface area contributed by atoms with Crippen LogP contribution >= 0.6 is 0 Å². The van der Waals surface area contributed by atoms with Crippen molar-refractivity contribution < 1.29 is 14.3 Å². The number of amides is 1. The maximum Gasteiger partial charge on any atom is 0.409 e. The fourth-order valence-electron chi connectivity index (χ4n) is 4.38. The highest BCUT2D eigenvalue weighted by atomic mass is 16.6. The van der Waals surface area contributed by atoms with Gasteiger partial charge >= 0.3 is 6.09 Å². The van der Waals surface area contributed by atoms with Gasteiger partial charge in [-0.15, -0.1) is 0 Å². The molecule has 26 heavy (non-hydrogen) atoms. The quantitative estimate of drug-likeness (QED) is 0.756. The van der Waals surface area contributed by atoms with E-state index < -0.39 is 0 Å². The normalized spacial score (nSPS) is 19.1. The minimum absolute atomic E-state index is 0.187. The molecule has 1 aromatic heterocycles. The highest BCUT2D eigenvalue weighted by Crippen LogP contribution is 2.33. The summed E-state index contributed by atoms with van der Waals surface area (Å²) < 4.78 is 7.42. The number of aromatic nitrogens is 1. The fraction of sp³-hybridized carbons (Fsp3) is 0.700. The zero-order valence-corrected chi connectivity index (χ0v) is 16.3. The highest BCUT2D eigenvalue weighted by Gasteiger charge is 2.26. The van der Waals surface area contributed by atoms with E-state index in [9.17, 15) is 9.59 Å². The van der Waals surface area contributed by atoms with E-state index in [1.807, 2.05) is 6.92 Å². The Kier molecular flexibility index (Phi) is 6.01. The van der Waals surface area contributed by atoms with E-state index in [4.69, 9.17) is 4.74 Å². The van der Waals surface area contributed by atoms with Crippen molar-refractivity contribution in [1.29, 1.82) is 0 Å². The first-order valence-corrected chi connectivity index (χ1v) is 9.87. The standard InChI is InChI=1S/C20H31N3O3/c1-4-26-20(25)22-11-9-21(10-12-22)14-19(24)18-13-15(2)23(16(18)3)17-7-5-6-8-17/h13,17H,4-12,14H2,1-3H3. The molecule has 6 nitrogen and oxygen atoms in total. The van der Waals surface area contributed by atoms with Gasteiger partial charge in [0.05, 0.1) is 13.2 Å².